The molecule has 2 rings (SSSR count). The fourth-order valence-electron chi connectivity index (χ4n) is 1.85. The third-order valence-electron chi connectivity index (χ3n) is 2.69. The van der Waals surface area contributed by atoms with Gasteiger partial charge in [0.05, 0.1) is 23.4 Å². The Morgan fingerprint density at radius 2 is 2.28 bits per heavy atom. The molecule has 0 bridgehead atoms. The second kappa shape index (κ2) is 4.86. The predicted molar refractivity (Wildman–Crippen MR) is 66.3 cm³/mol. The lowest BCUT2D eigenvalue weighted by Gasteiger charge is -2.29. The minimum atomic E-state index is -0.506. The van der Waals surface area contributed by atoms with E-state index < -0.39 is 5.97 Å². The first-order valence-electron chi connectivity index (χ1n) is 5.43. The van der Waals surface area contributed by atoms with Crippen LogP contribution in [0.15, 0.2) is 12.1 Å². The molecule has 0 aliphatic carbocycles. The Labute approximate surface area is 109 Å². The summed E-state index contributed by atoms with van der Waals surface area (Å²) in [6.07, 6.45) is 0. The predicted octanol–water partition coefficient (Wildman–Crippen LogP) is 1.87. The van der Waals surface area contributed by atoms with Gasteiger partial charge in [-0.05, 0) is 19.1 Å². The summed E-state index contributed by atoms with van der Waals surface area (Å²) < 4.78 is 9.93. The number of carbonyl (C=O) groups excluding carboxylic acids is 2. The van der Waals surface area contributed by atoms with Crippen LogP contribution in [0, 0.1) is 0 Å². The first-order valence-corrected chi connectivity index (χ1v) is 5.81. The highest BCUT2D eigenvalue weighted by Gasteiger charge is 2.27. The maximum Gasteiger partial charge on any atom is 0.337 e. The van der Waals surface area contributed by atoms with Crippen LogP contribution in [0.1, 0.15) is 17.3 Å². The topological polar surface area (TPSA) is 55.8 Å². The molecular weight excluding hydrogens is 258 g/mol. The Bertz CT molecular complexity index is 515. The van der Waals surface area contributed by atoms with Crippen molar-refractivity contribution in [2.24, 2.45) is 0 Å². The number of hydrogen-bond donors (Lipinski definition) is 0. The second-order valence-corrected chi connectivity index (χ2v) is 4.13. The van der Waals surface area contributed by atoms with Crippen LogP contribution in [0.25, 0.3) is 0 Å². The third-order valence-corrected chi connectivity index (χ3v) is 2.97. The number of anilines is 1. The van der Waals surface area contributed by atoms with Crippen molar-refractivity contribution in [3.63, 3.8) is 0 Å². The van der Waals surface area contributed by atoms with Gasteiger partial charge in [-0.2, -0.15) is 0 Å². The van der Waals surface area contributed by atoms with E-state index in [9.17, 15) is 9.59 Å². The average molecular weight is 270 g/mol. The number of amides is 1. The van der Waals surface area contributed by atoms with Crippen molar-refractivity contribution in [1.82, 2.24) is 0 Å². The largest absolute Gasteiger partial charge is 0.480 e. The Morgan fingerprint density at radius 3 is 2.89 bits per heavy atom. The standard InChI is InChI=1S/C12H12ClNO4/c1-3-14-9-5-7(12(16)17-2)4-8(13)11(9)18-6-10(14)15/h4-5H,3,6H2,1-2H3. The van der Waals surface area contributed by atoms with Crippen molar-refractivity contribution >= 4 is 29.2 Å². The van der Waals surface area contributed by atoms with Crippen molar-refractivity contribution in [3.05, 3.63) is 22.7 Å². The van der Waals surface area contributed by atoms with Gasteiger partial charge >= 0.3 is 5.97 Å². The average Bonchev–Trinajstić information content (AvgIpc) is 2.37. The van der Waals surface area contributed by atoms with Crippen LogP contribution in [0.5, 0.6) is 5.75 Å². The number of ether oxygens (including phenoxy) is 2. The number of fused-ring (bicyclic) bond motifs is 1. The summed E-state index contributed by atoms with van der Waals surface area (Å²) >= 11 is 6.05. The SMILES string of the molecule is CCN1C(=O)COc2c(Cl)cc(C(=O)OC)cc21. The molecule has 0 N–H and O–H groups in total. The van der Waals surface area contributed by atoms with Crippen LogP contribution >= 0.6 is 11.6 Å². The molecule has 0 saturated heterocycles. The number of benzene rings is 1. The lowest BCUT2D eigenvalue weighted by molar-refractivity contribution is -0.121. The minimum Gasteiger partial charge on any atom is -0.480 e. The van der Waals surface area contributed by atoms with Crippen LogP contribution in [0.3, 0.4) is 0 Å². The van der Waals surface area contributed by atoms with Gasteiger partial charge in [0, 0.05) is 6.54 Å². The van der Waals surface area contributed by atoms with Gasteiger partial charge in [-0.25, -0.2) is 4.79 Å². The molecule has 5 nitrogen and oxygen atoms in total. The smallest absolute Gasteiger partial charge is 0.337 e. The van der Waals surface area contributed by atoms with Gasteiger partial charge in [-0.15, -0.1) is 0 Å². The summed E-state index contributed by atoms with van der Waals surface area (Å²) in [5.74, 6) is -0.248. The van der Waals surface area contributed by atoms with Crippen LogP contribution < -0.4 is 9.64 Å². The molecule has 1 aliphatic heterocycles. The normalized spacial score (nSPS) is 13.9. The number of carbonyl (C=O) groups is 2. The molecule has 1 amide bonds. The maximum absolute atomic E-state index is 11.7. The van der Waals surface area contributed by atoms with Crippen LogP contribution in [-0.2, 0) is 9.53 Å². The van der Waals surface area contributed by atoms with Crippen molar-refractivity contribution in [2.75, 3.05) is 25.2 Å². The first-order chi connectivity index (χ1) is 8.58. The molecule has 96 valence electrons. The zero-order valence-electron chi connectivity index (χ0n) is 10.0. The molecular formula is C12H12ClNO4. The number of rotatable bonds is 2. The number of hydrogen-bond acceptors (Lipinski definition) is 4. The van der Waals surface area contributed by atoms with Gasteiger partial charge in [-0.1, -0.05) is 11.6 Å². The lowest BCUT2D eigenvalue weighted by atomic mass is 10.1. The Kier molecular flexibility index (Phi) is 3.43. The Hall–Kier alpha value is -1.75. The van der Waals surface area contributed by atoms with Crippen molar-refractivity contribution in [3.8, 4) is 5.75 Å². The molecule has 0 spiro atoms. The quantitative estimate of drug-likeness (QED) is 0.769. The fraction of sp³-hybridized carbons (Fsp3) is 0.333. The van der Waals surface area contributed by atoms with Crippen molar-refractivity contribution in [1.29, 1.82) is 0 Å². The van der Waals surface area contributed by atoms with E-state index in [1.807, 2.05) is 6.92 Å². The van der Waals surface area contributed by atoms with Gasteiger partial charge in [0.1, 0.15) is 0 Å². The van der Waals surface area contributed by atoms with E-state index >= 15 is 0 Å². The summed E-state index contributed by atoms with van der Waals surface area (Å²) in [5.41, 5.74) is 0.791. The molecule has 0 aromatic heterocycles. The third kappa shape index (κ3) is 2.01. The highest BCUT2D eigenvalue weighted by molar-refractivity contribution is 6.33. The highest BCUT2D eigenvalue weighted by atomic mass is 35.5. The number of methoxy groups -OCH3 is 1. The van der Waals surface area contributed by atoms with Crippen LogP contribution in [-0.4, -0.2) is 32.1 Å². The maximum atomic E-state index is 11.7. The van der Waals surface area contributed by atoms with Gasteiger partial charge < -0.3 is 14.4 Å². The molecule has 0 fully saturated rings. The molecule has 18 heavy (non-hydrogen) atoms. The molecule has 1 aromatic carbocycles. The Morgan fingerprint density at radius 1 is 1.56 bits per heavy atom. The number of nitrogens with zero attached hydrogens (tertiary/aromatic N) is 1. The molecule has 1 aromatic rings. The van der Waals surface area contributed by atoms with E-state index in [1.54, 1.807) is 6.07 Å². The minimum absolute atomic E-state index is 0.0435. The van der Waals surface area contributed by atoms with Gasteiger partial charge in [-0.3, -0.25) is 4.79 Å². The summed E-state index contributed by atoms with van der Waals surface area (Å²) in [7, 11) is 1.29. The molecule has 1 heterocycles. The van der Waals surface area contributed by atoms with E-state index in [1.165, 1.54) is 18.1 Å². The Balaban J connectivity index is 2.55. The fourth-order valence-corrected chi connectivity index (χ4v) is 2.12. The number of esters is 1. The summed E-state index contributed by atoms with van der Waals surface area (Å²) in [6, 6.07) is 3.02. The van der Waals surface area contributed by atoms with E-state index in [2.05, 4.69) is 4.74 Å². The molecule has 1 aliphatic rings. The summed E-state index contributed by atoms with van der Waals surface area (Å²) in [4.78, 5) is 24.7. The van der Waals surface area contributed by atoms with Crippen LogP contribution in [0.4, 0.5) is 5.69 Å². The first kappa shape index (κ1) is 12.7. The number of likely N-dealkylation sites (N-methyl/N-ethyl adjacent to an activating group) is 1. The van der Waals surface area contributed by atoms with Crippen LogP contribution in [0.2, 0.25) is 5.02 Å². The number of halogens is 1. The zero-order chi connectivity index (χ0) is 13.3. The molecule has 0 saturated carbocycles. The van der Waals surface area contributed by atoms with Crippen molar-refractivity contribution in [2.45, 2.75) is 6.92 Å². The lowest BCUT2D eigenvalue weighted by Crippen LogP contribution is -2.38. The summed E-state index contributed by atoms with van der Waals surface area (Å²) in [6.45, 7) is 2.28. The molecule has 0 radical (unpaired) electrons. The van der Waals surface area contributed by atoms with Crippen molar-refractivity contribution < 1.29 is 19.1 Å². The van der Waals surface area contributed by atoms with E-state index in [-0.39, 0.29) is 18.1 Å². The highest BCUT2D eigenvalue weighted by Crippen LogP contribution is 2.39. The van der Waals surface area contributed by atoms with E-state index in [0.717, 1.165) is 0 Å². The summed E-state index contributed by atoms with van der Waals surface area (Å²) in [5, 5.41) is 0.291. The monoisotopic (exact) mass is 269 g/mol. The zero-order valence-corrected chi connectivity index (χ0v) is 10.8. The molecule has 0 atom stereocenters. The molecule has 0 unspecified atom stereocenters. The van der Waals surface area contributed by atoms with E-state index in [4.69, 9.17) is 16.3 Å². The van der Waals surface area contributed by atoms with E-state index in [0.29, 0.717) is 23.0 Å². The van der Waals surface area contributed by atoms with Gasteiger partial charge in [0.25, 0.3) is 5.91 Å². The van der Waals surface area contributed by atoms with Gasteiger partial charge in [0.2, 0.25) is 0 Å². The second-order valence-electron chi connectivity index (χ2n) is 3.72. The molecule has 6 heteroatoms. The van der Waals surface area contributed by atoms with Gasteiger partial charge in [0.15, 0.2) is 12.4 Å².